The Morgan fingerprint density at radius 2 is 2.25 bits per heavy atom. The summed E-state index contributed by atoms with van der Waals surface area (Å²) in [6.07, 6.45) is 0.925. The largest absolute Gasteiger partial charge is 0.394 e. The number of aliphatic hydroxyl groups is 2. The number of nitrogens with one attached hydrogen (secondary N) is 1. The van der Waals surface area contributed by atoms with Crippen molar-refractivity contribution in [3.63, 3.8) is 0 Å². The van der Waals surface area contributed by atoms with Crippen molar-refractivity contribution < 1.29 is 15.0 Å². The lowest BCUT2D eigenvalue weighted by atomic mass is 10.3. The highest BCUT2D eigenvalue weighted by Crippen LogP contribution is 2.10. The maximum Gasteiger partial charge on any atom is 0.268 e. The van der Waals surface area contributed by atoms with Crippen molar-refractivity contribution in [3.05, 3.63) is 24.0 Å². The fourth-order valence-electron chi connectivity index (χ4n) is 1.40. The van der Waals surface area contributed by atoms with E-state index in [0.717, 1.165) is 0 Å². The molecule has 5 nitrogen and oxygen atoms in total. The Kier molecular flexibility index (Phi) is 4.52. The fraction of sp³-hybridized carbons (Fsp3) is 0.545. The van der Waals surface area contributed by atoms with Crippen LogP contribution < -0.4 is 5.32 Å². The number of amides is 1. The SMILES string of the molecule is CC(C)n1cccc1C(=O)NCC(O)CO. The first-order chi connectivity index (χ1) is 7.56. The summed E-state index contributed by atoms with van der Waals surface area (Å²) in [5.74, 6) is -0.244. The molecule has 16 heavy (non-hydrogen) atoms. The lowest BCUT2D eigenvalue weighted by molar-refractivity contribution is 0.0795. The molecule has 0 saturated carbocycles. The minimum absolute atomic E-state index is 0.0542. The summed E-state index contributed by atoms with van der Waals surface area (Å²) in [6.45, 7) is 3.67. The summed E-state index contributed by atoms with van der Waals surface area (Å²) in [4.78, 5) is 11.7. The molecule has 0 aliphatic heterocycles. The van der Waals surface area contributed by atoms with Gasteiger partial charge in [-0.3, -0.25) is 4.79 Å². The van der Waals surface area contributed by atoms with Crippen molar-refractivity contribution in [2.24, 2.45) is 0 Å². The molecule has 0 fully saturated rings. The first-order valence-corrected chi connectivity index (χ1v) is 5.30. The molecule has 0 saturated heterocycles. The Hall–Kier alpha value is -1.33. The highest BCUT2D eigenvalue weighted by molar-refractivity contribution is 5.92. The van der Waals surface area contributed by atoms with Gasteiger partial charge >= 0.3 is 0 Å². The number of rotatable bonds is 5. The second-order valence-electron chi connectivity index (χ2n) is 3.94. The second-order valence-corrected chi connectivity index (χ2v) is 3.94. The van der Waals surface area contributed by atoms with Crippen LogP contribution in [0.25, 0.3) is 0 Å². The Morgan fingerprint density at radius 1 is 1.56 bits per heavy atom. The van der Waals surface area contributed by atoms with Crippen molar-refractivity contribution in [3.8, 4) is 0 Å². The zero-order valence-electron chi connectivity index (χ0n) is 9.55. The quantitative estimate of drug-likeness (QED) is 0.669. The molecule has 1 unspecified atom stereocenters. The van der Waals surface area contributed by atoms with Crippen molar-refractivity contribution in [2.75, 3.05) is 13.2 Å². The van der Waals surface area contributed by atoms with Gasteiger partial charge in [0.2, 0.25) is 0 Å². The predicted octanol–water partition coefficient (Wildman–Crippen LogP) is 0.152. The third kappa shape index (κ3) is 3.08. The second kappa shape index (κ2) is 5.67. The topological polar surface area (TPSA) is 74.5 Å². The number of aromatic nitrogens is 1. The van der Waals surface area contributed by atoms with E-state index in [1.807, 2.05) is 24.6 Å². The first kappa shape index (κ1) is 12.7. The van der Waals surface area contributed by atoms with Gasteiger partial charge in [-0.25, -0.2) is 0 Å². The maximum atomic E-state index is 11.7. The van der Waals surface area contributed by atoms with Gasteiger partial charge in [-0.05, 0) is 26.0 Å². The molecule has 0 aliphatic rings. The van der Waals surface area contributed by atoms with Gasteiger partial charge in [0.25, 0.3) is 5.91 Å². The molecular weight excluding hydrogens is 208 g/mol. The average Bonchev–Trinajstić information content (AvgIpc) is 2.74. The van der Waals surface area contributed by atoms with Crippen LogP contribution in [0.3, 0.4) is 0 Å². The molecular formula is C11H18N2O3. The number of carbonyl (C=O) groups is 1. The molecule has 1 atom stereocenters. The maximum absolute atomic E-state index is 11.7. The predicted molar refractivity (Wildman–Crippen MR) is 60.2 cm³/mol. The summed E-state index contributed by atoms with van der Waals surface area (Å²) in [7, 11) is 0. The molecule has 90 valence electrons. The lowest BCUT2D eigenvalue weighted by Gasteiger charge is -2.13. The van der Waals surface area contributed by atoms with E-state index >= 15 is 0 Å². The Morgan fingerprint density at radius 3 is 2.81 bits per heavy atom. The molecule has 0 bridgehead atoms. The van der Waals surface area contributed by atoms with Gasteiger partial charge in [-0.2, -0.15) is 0 Å². The molecule has 1 amide bonds. The van der Waals surface area contributed by atoms with E-state index in [2.05, 4.69) is 5.32 Å². The average molecular weight is 226 g/mol. The highest BCUT2D eigenvalue weighted by Gasteiger charge is 2.13. The van der Waals surface area contributed by atoms with E-state index in [0.29, 0.717) is 5.69 Å². The molecule has 1 aromatic rings. The van der Waals surface area contributed by atoms with E-state index in [-0.39, 0.29) is 25.1 Å². The number of nitrogens with zero attached hydrogens (tertiary/aromatic N) is 1. The summed E-state index contributed by atoms with van der Waals surface area (Å²) in [5.41, 5.74) is 0.556. The monoisotopic (exact) mass is 226 g/mol. The normalized spacial score (nSPS) is 12.8. The molecule has 1 aromatic heterocycles. The van der Waals surface area contributed by atoms with Crippen LogP contribution in [0, 0.1) is 0 Å². The minimum Gasteiger partial charge on any atom is -0.394 e. The van der Waals surface area contributed by atoms with Gasteiger partial charge in [0.15, 0.2) is 0 Å². The molecule has 0 radical (unpaired) electrons. The Labute approximate surface area is 94.7 Å². The zero-order chi connectivity index (χ0) is 12.1. The smallest absolute Gasteiger partial charge is 0.268 e. The van der Waals surface area contributed by atoms with E-state index in [1.165, 1.54) is 0 Å². The molecule has 1 rings (SSSR count). The van der Waals surface area contributed by atoms with Crippen LogP contribution in [0.4, 0.5) is 0 Å². The fourth-order valence-corrected chi connectivity index (χ4v) is 1.40. The zero-order valence-corrected chi connectivity index (χ0v) is 9.55. The summed E-state index contributed by atoms with van der Waals surface area (Å²) < 4.78 is 1.85. The number of carbonyl (C=O) groups excluding carboxylic acids is 1. The standard InChI is InChI=1S/C11H18N2O3/c1-8(2)13-5-3-4-10(13)11(16)12-6-9(15)7-14/h3-5,8-9,14-15H,6-7H2,1-2H3,(H,12,16). The van der Waals surface area contributed by atoms with Gasteiger partial charge in [0.1, 0.15) is 5.69 Å². The van der Waals surface area contributed by atoms with Crippen LogP contribution in [-0.4, -0.2) is 39.9 Å². The van der Waals surface area contributed by atoms with Gasteiger partial charge < -0.3 is 20.1 Å². The van der Waals surface area contributed by atoms with Crippen molar-refractivity contribution in [2.45, 2.75) is 26.0 Å². The van der Waals surface area contributed by atoms with Crippen LogP contribution in [-0.2, 0) is 0 Å². The third-order valence-electron chi connectivity index (χ3n) is 2.28. The van der Waals surface area contributed by atoms with Crippen LogP contribution >= 0.6 is 0 Å². The van der Waals surface area contributed by atoms with Gasteiger partial charge in [0, 0.05) is 18.8 Å². The minimum atomic E-state index is -0.911. The molecule has 1 heterocycles. The van der Waals surface area contributed by atoms with E-state index in [9.17, 15) is 4.79 Å². The number of hydrogen-bond acceptors (Lipinski definition) is 3. The Balaban J connectivity index is 2.62. The molecule has 5 heteroatoms. The van der Waals surface area contributed by atoms with E-state index in [4.69, 9.17) is 10.2 Å². The van der Waals surface area contributed by atoms with Gasteiger partial charge in [-0.1, -0.05) is 0 Å². The molecule has 3 N–H and O–H groups in total. The number of aliphatic hydroxyl groups excluding tert-OH is 2. The van der Waals surface area contributed by atoms with E-state index < -0.39 is 6.10 Å². The van der Waals surface area contributed by atoms with Gasteiger partial charge in [0.05, 0.1) is 12.7 Å². The third-order valence-corrected chi connectivity index (χ3v) is 2.28. The van der Waals surface area contributed by atoms with Crippen LogP contribution in [0.2, 0.25) is 0 Å². The summed E-state index contributed by atoms with van der Waals surface area (Å²) in [6, 6.07) is 3.73. The number of hydrogen-bond donors (Lipinski definition) is 3. The van der Waals surface area contributed by atoms with Crippen molar-refractivity contribution in [1.29, 1.82) is 0 Å². The van der Waals surface area contributed by atoms with Crippen LogP contribution in [0.15, 0.2) is 18.3 Å². The van der Waals surface area contributed by atoms with Crippen LogP contribution in [0.1, 0.15) is 30.4 Å². The van der Waals surface area contributed by atoms with E-state index in [1.54, 1.807) is 12.1 Å². The molecule has 0 spiro atoms. The van der Waals surface area contributed by atoms with Crippen LogP contribution in [0.5, 0.6) is 0 Å². The Bertz CT molecular complexity index is 347. The molecule has 0 aromatic carbocycles. The summed E-state index contributed by atoms with van der Waals surface area (Å²) in [5, 5.41) is 20.3. The van der Waals surface area contributed by atoms with Crippen molar-refractivity contribution >= 4 is 5.91 Å². The highest BCUT2D eigenvalue weighted by atomic mass is 16.3. The van der Waals surface area contributed by atoms with Gasteiger partial charge in [-0.15, -0.1) is 0 Å². The lowest BCUT2D eigenvalue weighted by Crippen LogP contribution is -2.35. The summed E-state index contributed by atoms with van der Waals surface area (Å²) >= 11 is 0. The van der Waals surface area contributed by atoms with Crippen molar-refractivity contribution in [1.82, 2.24) is 9.88 Å². The first-order valence-electron chi connectivity index (χ1n) is 5.30. The molecule has 0 aliphatic carbocycles.